The van der Waals surface area contributed by atoms with Crippen LogP contribution in [0.15, 0.2) is 18.2 Å². The minimum atomic E-state index is -0.923. The Hall–Kier alpha value is -2.37. The number of urea groups is 1. The maximum Gasteiger partial charge on any atom is 0.324 e. The largest absolute Gasteiger partial charge is 0.481 e. The third-order valence-corrected chi connectivity index (χ3v) is 3.04. The normalized spacial score (nSPS) is 9.95. The molecule has 0 saturated carbocycles. The van der Waals surface area contributed by atoms with Gasteiger partial charge < -0.3 is 10.4 Å². The van der Waals surface area contributed by atoms with Crippen LogP contribution in [-0.4, -0.2) is 35.0 Å². The molecule has 3 amide bonds. The molecule has 2 N–H and O–H groups in total. The van der Waals surface area contributed by atoms with Crippen LogP contribution in [-0.2, 0) is 22.6 Å². The molecule has 0 atom stereocenters. The second kappa shape index (κ2) is 6.70. The van der Waals surface area contributed by atoms with E-state index in [1.54, 1.807) is 12.1 Å². The van der Waals surface area contributed by atoms with Gasteiger partial charge in [-0.05, 0) is 23.6 Å². The molecule has 0 fully saturated rings. The molecule has 1 rings (SSSR count). The van der Waals surface area contributed by atoms with Crippen LogP contribution in [0.25, 0.3) is 0 Å². The molecule has 1 aromatic rings. The van der Waals surface area contributed by atoms with Gasteiger partial charge in [0.1, 0.15) is 0 Å². The lowest BCUT2D eigenvalue weighted by Crippen LogP contribution is -2.39. The first-order valence-electron chi connectivity index (χ1n) is 6.14. The van der Waals surface area contributed by atoms with Crippen LogP contribution in [0.1, 0.15) is 23.6 Å². The maximum atomic E-state index is 11.7. The van der Waals surface area contributed by atoms with E-state index in [1.165, 1.54) is 14.0 Å². The van der Waals surface area contributed by atoms with E-state index in [-0.39, 0.29) is 18.9 Å². The summed E-state index contributed by atoms with van der Waals surface area (Å²) in [5, 5.41) is 11.5. The van der Waals surface area contributed by atoms with Crippen molar-refractivity contribution >= 4 is 17.9 Å². The number of imide groups is 1. The van der Waals surface area contributed by atoms with Crippen LogP contribution in [0.4, 0.5) is 4.79 Å². The van der Waals surface area contributed by atoms with Gasteiger partial charge in [0.2, 0.25) is 5.91 Å². The highest BCUT2D eigenvalue weighted by atomic mass is 16.4. The van der Waals surface area contributed by atoms with Crippen molar-refractivity contribution in [3.8, 4) is 0 Å². The summed E-state index contributed by atoms with van der Waals surface area (Å²) in [6.45, 7) is 3.30. The summed E-state index contributed by atoms with van der Waals surface area (Å²) in [4.78, 5) is 34.5. The SMILES string of the molecule is CC(=O)N(C)C(=O)NCc1cccc(C)c1CC(=O)O. The van der Waals surface area contributed by atoms with Crippen molar-refractivity contribution in [3.05, 3.63) is 34.9 Å². The zero-order valence-corrected chi connectivity index (χ0v) is 11.8. The Morgan fingerprint density at radius 1 is 1.30 bits per heavy atom. The van der Waals surface area contributed by atoms with Crippen LogP contribution < -0.4 is 5.32 Å². The summed E-state index contributed by atoms with van der Waals surface area (Å²) in [6.07, 6.45) is -0.0968. The second-order valence-corrected chi connectivity index (χ2v) is 4.52. The Kier molecular flexibility index (Phi) is 5.25. The summed E-state index contributed by atoms with van der Waals surface area (Å²) in [7, 11) is 1.38. The number of hydrogen-bond donors (Lipinski definition) is 2. The van der Waals surface area contributed by atoms with Gasteiger partial charge >= 0.3 is 12.0 Å². The first kappa shape index (κ1) is 15.7. The molecule has 0 heterocycles. The Labute approximate surface area is 117 Å². The van der Waals surface area contributed by atoms with E-state index in [1.807, 2.05) is 13.0 Å². The third kappa shape index (κ3) is 4.08. The summed E-state index contributed by atoms with van der Waals surface area (Å²) in [5.41, 5.74) is 2.28. The average molecular weight is 278 g/mol. The van der Waals surface area contributed by atoms with Crippen molar-refractivity contribution in [2.24, 2.45) is 0 Å². The molecule has 0 bridgehead atoms. The number of aryl methyl sites for hydroxylation is 1. The van der Waals surface area contributed by atoms with Gasteiger partial charge in [0.05, 0.1) is 6.42 Å². The molecule has 0 aliphatic carbocycles. The molecule has 6 heteroatoms. The number of benzene rings is 1. The Morgan fingerprint density at radius 2 is 1.95 bits per heavy atom. The van der Waals surface area contributed by atoms with Crippen molar-refractivity contribution in [3.63, 3.8) is 0 Å². The number of carboxylic acids is 1. The van der Waals surface area contributed by atoms with E-state index in [0.717, 1.165) is 16.0 Å². The number of nitrogens with zero attached hydrogens (tertiary/aromatic N) is 1. The predicted molar refractivity (Wildman–Crippen MR) is 73.2 cm³/mol. The fraction of sp³-hybridized carbons (Fsp3) is 0.357. The molecule has 0 unspecified atom stereocenters. The number of amides is 3. The first-order chi connectivity index (χ1) is 9.32. The number of nitrogens with one attached hydrogen (secondary N) is 1. The van der Waals surface area contributed by atoms with Gasteiger partial charge in [-0.1, -0.05) is 18.2 Å². The van der Waals surface area contributed by atoms with Crippen molar-refractivity contribution < 1.29 is 19.5 Å². The highest BCUT2D eigenvalue weighted by molar-refractivity contribution is 5.92. The molecule has 0 aliphatic rings. The highest BCUT2D eigenvalue weighted by Crippen LogP contribution is 2.15. The molecule has 1 aromatic carbocycles. The quantitative estimate of drug-likeness (QED) is 0.869. The van der Waals surface area contributed by atoms with Crippen molar-refractivity contribution in [1.82, 2.24) is 10.2 Å². The van der Waals surface area contributed by atoms with Crippen molar-refractivity contribution in [2.45, 2.75) is 26.8 Å². The van der Waals surface area contributed by atoms with Gasteiger partial charge in [0.15, 0.2) is 0 Å². The van der Waals surface area contributed by atoms with Crippen molar-refractivity contribution in [2.75, 3.05) is 7.05 Å². The topological polar surface area (TPSA) is 86.7 Å². The number of carbonyl (C=O) groups excluding carboxylic acids is 2. The fourth-order valence-electron chi connectivity index (χ4n) is 1.77. The fourth-order valence-corrected chi connectivity index (χ4v) is 1.77. The predicted octanol–water partition coefficient (Wildman–Crippen LogP) is 1.31. The zero-order valence-electron chi connectivity index (χ0n) is 11.8. The number of aliphatic carboxylic acids is 1. The van der Waals surface area contributed by atoms with Crippen LogP contribution in [0.2, 0.25) is 0 Å². The minimum Gasteiger partial charge on any atom is -0.481 e. The lowest BCUT2D eigenvalue weighted by Gasteiger charge is -2.16. The Morgan fingerprint density at radius 3 is 2.50 bits per heavy atom. The lowest BCUT2D eigenvalue weighted by molar-refractivity contribution is -0.136. The zero-order chi connectivity index (χ0) is 15.3. The van der Waals surface area contributed by atoms with E-state index in [9.17, 15) is 14.4 Å². The molecule has 108 valence electrons. The minimum absolute atomic E-state index is 0.0968. The third-order valence-electron chi connectivity index (χ3n) is 3.04. The van der Waals surface area contributed by atoms with Crippen LogP contribution in [0.5, 0.6) is 0 Å². The van der Waals surface area contributed by atoms with Gasteiger partial charge in [-0.3, -0.25) is 14.5 Å². The summed E-state index contributed by atoms with van der Waals surface area (Å²) < 4.78 is 0. The monoisotopic (exact) mass is 278 g/mol. The molecule has 0 aromatic heterocycles. The molecule has 6 nitrogen and oxygen atoms in total. The standard InChI is InChI=1S/C14H18N2O4/c1-9-5-4-6-11(12(9)7-13(18)19)8-15-14(20)16(3)10(2)17/h4-6H,7-8H2,1-3H3,(H,15,20)(H,18,19). The second-order valence-electron chi connectivity index (χ2n) is 4.52. The van der Waals surface area contributed by atoms with Crippen molar-refractivity contribution in [1.29, 1.82) is 0 Å². The number of carboxylic acid groups (broad SMARTS) is 1. The van der Waals surface area contributed by atoms with Gasteiger partial charge in [0.25, 0.3) is 0 Å². The summed E-state index contributed by atoms with van der Waals surface area (Å²) in [5.74, 6) is -1.29. The van der Waals surface area contributed by atoms with Gasteiger partial charge in [-0.15, -0.1) is 0 Å². The number of carbonyl (C=O) groups is 3. The Bertz CT molecular complexity index is 540. The van der Waals surface area contributed by atoms with E-state index >= 15 is 0 Å². The molecular weight excluding hydrogens is 260 g/mol. The first-order valence-corrected chi connectivity index (χ1v) is 6.14. The van der Waals surface area contributed by atoms with E-state index in [4.69, 9.17) is 5.11 Å². The molecule has 20 heavy (non-hydrogen) atoms. The van der Waals surface area contributed by atoms with Gasteiger partial charge in [-0.2, -0.15) is 0 Å². The maximum absolute atomic E-state index is 11.7. The Balaban J connectivity index is 2.82. The average Bonchev–Trinajstić information content (AvgIpc) is 2.37. The van der Waals surface area contributed by atoms with Gasteiger partial charge in [0, 0.05) is 20.5 Å². The van der Waals surface area contributed by atoms with E-state index in [0.29, 0.717) is 5.56 Å². The molecular formula is C14H18N2O4. The van der Waals surface area contributed by atoms with Crippen LogP contribution in [0, 0.1) is 6.92 Å². The number of rotatable bonds is 4. The lowest BCUT2D eigenvalue weighted by atomic mass is 9.99. The number of hydrogen-bond acceptors (Lipinski definition) is 3. The molecule has 0 aliphatic heterocycles. The van der Waals surface area contributed by atoms with Crippen LogP contribution in [0.3, 0.4) is 0 Å². The highest BCUT2D eigenvalue weighted by Gasteiger charge is 2.14. The van der Waals surface area contributed by atoms with Crippen LogP contribution >= 0.6 is 0 Å². The van der Waals surface area contributed by atoms with Gasteiger partial charge in [-0.25, -0.2) is 4.79 Å². The summed E-state index contributed by atoms with van der Waals surface area (Å²) in [6, 6.07) is 4.88. The summed E-state index contributed by atoms with van der Waals surface area (Å²) >= 11 is 0. The smallest absolute Gasteiger partial charge is 0.324 e. The molecule has 0 spiro atoms. The van der Waals surface area contributed by atoms with E-state index < -0.39 is 12.0 Å². The molecule has 0 radical (unpaired) electrons. The van der Waals surface area contributed by atoms with E-state index in [2.05, 4.69) is 5.32 Å². The molecule has 0 saturated heterocycles.